The van der Waals surface area contributed by atoms with Gasteiger partial charge in [-0.3, -0.25) is 4.72 Å². The quantitative estimate of drug-likeness (QED) is 0.752. The summed E-state index contributed by atoms with van der Waals surface area (Å²) in [4.78, 5) is 3.27. The largest absolute Gasteiger partial charge is 0.359 e. The van der Waals surface area contributed by atoms with Crippen LogP contribution in [0, 0.1) is 13.8 Å². The highest BCUT2D eigenvalue weighted by atomic mass is 35.5. The Labute approximate surface area is 134 Å². The number of nitrogens with one attached hydrogen (secondary N) is 2. The van der Waals surface area contributed by atoms with E-state index in [9.17, 15) is 8.42 Å². The molecule has 3 aromatic rings. The zero-order chi connectivity index (χ0) is 15.9. The first-order chi connectivity index (χ1) is 10.3. The predicted octanol–water partition coefficient (Wildman–Crippen LogP) is 4.24. The fourth-order valence-electron chi connectivity index (χ4n) is 2.38. The van der Waals surface area contributed by atoms with Crippen molar-refractivity contribution < 1.29 is 8.42 Å². The first kappa shape index (κ1) is 14.9. The summed E-state index contributed by atoms with van der Waals surface area (Å²) in [6.07, 6.45) is 0. The van der Waals surface area contributed by atoms with Gasteiger partial charge in [-0.05, 0) is 55.8 Å². The number of halogens is 1. The molecule has 0 aliphatic carbocycles. The molecule has 2 aromatic carbocycles. The standard InChI is InChI=1S/C16H15ClN2O2S/c1-10-3-6-16(14(17)7-10)22(20,21)19-13-4-5-15-12(9-13)8-11(2)18-15/h3-9,18-19H,1-2H3. The Morgan fingerprint density at radius 1 is 1.05 bits per heavy atom. The summed E-state index contributed by atoms with van der Waals surface area (Å²) in [6, 6.07) is 12.2. The Hall–Kier alpha value is -1.98. The van der Waals surface area contributed by atoms with Crippen molar-refractivity contribution in [1.82, 2.24) is 4.98 Å². The van der Waals surface area contributed by atoms with E-state index in [-0.39, 0.29) is 9.92 Å². The van der Waals surface area contributed by atoms with Gasteiger partial charge in [0.2, 0.25) is 0 Å². The van der Waals surface area contributed by atoms with Gasteiger partial charge in [0.05, 0.1) is 5.02 Å². The molecule has 0 bridgehead atoms. The predicted molar refractivity (Wildman–Crippen MR) is 90.0 cm³/mol. The van der Waals surface area contributed by atoms with E-state index in [0.717, 1.165) is 22.2 Å². The highest BCUT2D eigenvalue weighted by Gasteiger charge is 2.18. The Kier molecular flexibility index (Phi) is 3.62. The molecular weight excluding hydrogens is 320 g/mol. The van der Waals surface area contributed by atoms with Crippen LogP contribution in [0.2, 0.25) is 5.02 Å². The molecule has 1 aromatic heterocycles. The van der Waals surface area contributed by atoms with Gasteiger partial charge in [-0.2, -0.15) is 0 Å². The van der Waals surface area contributed by atoms with Crippen molar-refractivity contribution >= 4 is 38.2 Å². The van der Waals surface area contributed by atoms with Crippen molar-refractivity contribution in [1.29, 1.82) is 0 Å². The van der Waals surface area contributed by atoms with E-state index in [1.54, 1.807) is 24.3 Å². The minimum Gasteiger partial charge on any atom is -0.359 e. The smallest absolute Gasteiger partial charge is 0.263 e. The number of H-pyrrole nitrogens is 1. The average molecular weight is 335 g/mol. The molecule has 2 N–H and O–H groups in total. The van der Waals surface area contributed by atoms with E-state index in [0.29, 0.717) is 5.69 Å². The molecule has 0 spiro atoms. The molecule has 0 aliphatic heterocycles. The number of anilines is 1. The second-order valence-electron chi connectivity index (χ2n) is 5.29. The molecule has 6 heteroatoms. The number of aromatic amines is 1. The lowest BCUT2D eigenvalue weighted by Crippen LogP contribution is -2.13. The highest BCUT2D eigenvalue weighted by molar-refractivity contribution is 7.92. The molecule has 114 valence electrons. The molecule has 3 rings (SSSR count). The number of fused-ring (bicyclic) bond motifs is 1. The van der Waals surface area contributed by atoms with Crippen LogP contribution in [0.5, 0.6) is 0 Å². The number of benzene rings is 2. The van der Waals surface area contributed by atoms with E-state index >= 15 is 0 Å². The zero-order valence-electron chi connectivity index (χ0n) is 12.1. The molecule has 22 heavy (non-hydrogen) atoms. The lowest BCUT2D eigenvalue weighted by Gasteiger charge is -2.10. The fraction of sp³-hybridized carbons (Fsp3) is 0.125. The van der Waals surface area contributed by atoms with Crippen molar-refractivity contribution in [3.63, 3.8) is 0 Å². The number of rotatable bonds is 3. The van der Waals surface area contributed by atoms with E-state index in [1.807, 2.05) is 26.0 Å². The topological polar surface area (TPSA) is 62.0 Å². The third-order valence-electron chi connectivity index (χ3n) is 3.38. The van der Waals surface area contributed by atoms with Crippen molar-refractivity contribution in [3.8, 4) is 0 Å². The Balaban J connectivity index is 1.98. The van der Waals surface area contributed by atoms with Gasteiger partial charge in [0.25, 0.3) is 10.0 Å². The van der Waals surface area contributed by atoms with E-state index in [2.05, 4.69) is 9.71 Å². The van der Waals surface area contributed by atoms with Crippen LogP contribution in [-0.4, -0.2) is 13.4 Å². The Morgan fingerprint density at radius 2 is 1.82 bits per heavy atom. The van der Waals surface area contributed by atoms with Gasteiger partial charge in [-0.15, -0.1) is 0 Å². The Bertz CT molecular complexity index is 961. The third-order valence-corrected chi connectivity index (χ3v) is 5.25. The molecule has 0 atom stereocenters. The molecule has 4 nitrogen and oxygen atoms in total. The van der Waals surface area contributed by atoms with Gasteiger partial charge >= 0.3 is 0 Å². The van der Waals surface area contributed by atoms with Crippen LogP contribution in [0.3, 0.4) is 0 Å². The summed E-state index contributed by atoms with van der Waals surface area (Å²) in [5, 5.41) is 1.17. The zero-order valence-corrected chi connectivity index (χ0v) is 13.7. The monoisotopic (exact) mass is 334 g/mol. The summed E-state index contributed by atoms with van der Waals surface area (Å²) in [7, 11) is -3.71. The van der Waals surface area contributed by atoms with E-state index in [4.69, 9.17) is 11.6 Å². The first-order valence-corrected chi connectivity index (χ1v) is 8.60. The molecule has 0 saturated heterocycles. The minimum absolute atomic E-state index is 0.0742. The Morgan fingerprint density at radius 3 is 2.55 bits per heavy atom. The van der Waals surface area contributed by atoms with Crippen LogP contribution < -0.4 is 4.72 Å². The van der Waals surface area contributed by atoms with Gasteiger partial charge in [-0.1, -0.05) is 17.7 Å². The second kappa shape index (κ2) is 5.34. The van der Waals surface area contributed by atoms with Crippen molar-refractivity contribution in [2.24, 2.45) is 0 Å². The maximum absolute atomic E-state index is 12.5. The molecule has 0 aliphatic rings. The van der Waals surface area contributed by atoms with Gasteiger partial charge < -0.3 is 4.98 Å². The molecule has 0 fully saturated rings. The summed E-state index contributed by atoms with van der Waals surface area (Å²) in [5.41, 5.74) is 3.40. The molecule has 0 saturated carbocycles. The van der Waals surface area contributed by atoms with Crippen LogP contribution in [0.15, 0.2) is 47.4 Å². The van der Waals surface area contributed by atoms with Crippen LogP contribution in [0.4, 0.5) is 5.69 Å². The number of aryl methyl sites for hydroxylation is 2. The van der Waals surface area contributed by atoms with Crippen LogP contribution in [-0.2, 0) is 10.0 Å². The number of hydrogen-bond acceptors (Lipinski definition) is 2. The summed E-state index contributed by atoms with van der Waals surface area (Å²) in [5.74, 6) is 0. The van der Waals surface area contributed by atoms with Crippen LogP contribution >= 0.6 is 11.6 Å². The van der Waals surface area contributed by atoms with Crippen molar-refractivity contribution in [2.45, 2.75) is 18.7 Å². The maximum atomic E-state index is 12.5. The van der Waals surface area contributed by atoms with E-state index in [1.165, 1.54) is 6.07 Å². The van der Waals surface area contributed by atoms with Crippen molar-refractivity contribution in [2.75, 3.05) is 4.72 Å². The van der Waals surface area contributed by atoms with Gasteiger partial charge in [-0.25, -0.2) is 8.42 Å². The summed E-state index contributed by atoms with van der Waals surface area (Å²) in [6.45, 7) is 3.81. The second-order valence-corrected chi connectivity index (χ2v) is 7.35. The third kappa shape index (κ3) is 2.82. The first-order valence-electron chi connectivity index (χ1n) is 6.73. The van der Waals surface area contributed by atoms with Crippen LogP contribution in [0.1, 0.15) is 11.3 Å². The molecule has 0 amide bonds. The number of hydrogen-bond donors (Lipinski definition) is 2. The molecule has 0 radical (unpaired) electrons. The van der Waals surface area contributed by atoms with Crippen molar-refractivity contribution in [3.05, 3.63) is 58.7 Å². The van der Waals surface area contributed by atoms with Gasteiger partial charge in [0.1, 0.15) is 4.90 Å². The lowest BCUT2D eigenvalue weighted by molar-refractivity contribution is 0.601. The average Bonchev–Trinajstić information content (AvgIpc) is 2.77. The summed E-state index contributed by atoms with van der Waals surface area (Å²) < 4.78 is 27.5. The van der Waals surface area contributed by atoms with E-state index < -0.39 is 10.0 Å². The van der Waals surface area contributed by atoms with Crippen LogP contribution in [0.25, 0.3) is 10.9 Å². The lowest BCUT2D eigenvalue weighted by atomic mass is 10.2. The SMILES string of the molecule is Cc1ccc(S(=O)(=O)Nc2ccc3[nH]c(C)cc3c2)c(Cl)c1. The minimum atomic E-state index is -3.71. The van der Waals surface area contributed by atoms with Gasteiger partial charge in [0.15, 0.2) is 0 Å². The maximum Gasteiger partial charge on any atom is 0.263 e. The number of sulfonamides is 1. The van der Waals surface area contributed by atoms with Gasteiger partial charge in [0, 0.05) is 22.3 Å². The fourth-order valence-corrected chi connectivity index (χ4v) is 4.03. The molecule has 0 unspecified atom stereocenters. The molecule has 1 heterocycles. The summed E-state index contributed by atoms with van der Waals surface area (Å²) >= 11 is 6.05. The normalized spacial score (nSPS) is 11.8. The highest BCUT2D eigenvalue weighted by Crippen LogP contribution is 2.26. The number of aromatic nitrogens is 1. The molecular formula is C16H15ClN2O2S.